The van der Waals surface area contributed by atoms with Gasteiger partial charge in [-0.3, -0.25) is 19.2 Å². The molecule has 1 saturated heterocycles. The fraction of sp³-hybridized carbons (Fsp3) is 0.714. The lowest BCUT2D eigenvalue weighted by atomic mass is 9.96. The van der Waals surface area contributed by atoms with Crippen LogP contribution >= 0.6 is 0 Å². The first-order chi connectivity index (χ1) is 12.3. The lowest BCUT2D eigenvalue weighted by Gasteiger charge is -2.42. The number of rotatable bonds is 5. The summed E-state index contributed by atoms with van der Waals surface area (Å²) in [7, 11) is 0. The maximum Gasteiger partial charge on any atom is 0.471 e. The highest BCUT2D eigenvalue weighted by Gasteiger charge is 2.53. The fourth-order valence-electron chi connectivity index (χ4n) is 2.28. The SMILES string of the molecule is CC(=O)OC[C@@H]1O[C@H](F)[C@H](NC(=O)C(F)(F)F)[C@@H](OC(C)=O)[C@H]1OC(C)=O. The minimum Gasteiger partial charge on any atom is -0.463 e. The molecule has 1 amide bonds. The van der Waals surface area contributed by atoms with Crippen LogP contribution in [0.4, 0.5) is 17.6 Å². The van der Waals surface area contributed by atoms with E-state index >= 15 is 0 Å². The smallest absolute Gasteiger partial charge is 0.463 e. The highest BCUT2D eigenvalue weighted by atomic mass is 19.4. The van der Waals surface area contributed by atoms with Crippen LogP contribution in [-0.4, -0.2) is 67.3 Å². The fourth-order valence-corrected chi connectivity index (χ4v) is 2.28. The predicted octanol–water partition coefficient (Wildman–Crippen LogP) is 0.154. The zero-order chi connectivity index (χ0) is 20.9. The summed E-state index contributed by atoms with van der Waals surface area (Å²) in [5.41, 5.74) is 0. The molecule has 1 fully saturated rings. The Bertz CT molecular complexity index is 596. The van der Waals surface area contributed by atoms with E-state index in [9.17, 15) is 36.7 Å². The van der Waals surface area contributed by atoms with E-state index in [-0.39, 0.29) is 0 Å². The molecule has 1 rings (SSSR count). The van der Waals surface area contributed by atoms with Gasteiger partial charge in [-0.15, -0.1) is 0 Å². The van der Waals surface area contributed by atoms with E-state index in [1.807, 2.05) is 0 Å². The summed E-state index contributed by atoms with van der Waals surface area (Å²) in [4.78, 5) is 44.7. The normalized spacial score (nSPS) is 28.0. The van der Waals surface area contributed by atoms with Crippen molar-refractivity contribution in [2.45, 2.75) is 57.7 Å². The summed E-state index contributed by atoms with van der Waals surface area (Å²) in [6.07, 6.45) is -13.0. The van der Waals surface area contributed by atoms with E-state index in [0.29, 0.717) is 0 Å². The number of halogens is 4. The lowest BCUT2D eigenvalue weighted by molar-refractivity contribution is -0.247. The monoisotopic (exact) mass is 403 g/mol. The van der Waals surface area contributed by atoms with Crippen LogP contribution in [0.2, 0.25) is 0 Å². The van der Waals surface area contributed by atoms with Crippen molar-refractivity contribution in [1.82, 2.24) is 5.32 Å². The van der Waals surface area contributed by atoms with Crippen molar-refractivity contribution in [2.24, 2.45) is 0 Å². The molecule has 0 bridgehead atoms. The predicted molar refractivity (Wildman–Crippen MR) is 75.5 cm³/mol. The van der Waals surface area contributed by atoms with Gasteiger partial charge >= 0.3 is 30.0 Å². The van der Waals surface area contributed by atoms with E-state index in [2.05, 4.69) is 4.74 Å². The summed E-state index contributed by atoms with van der Waals surface area (Å²) in [5.74, 6) is -5.33. The van der Waals surface area contributed by atoms with Crippen LogP contribution in [0, 0.1) is 0 Å². The van der Waals surface area contributed by atoms with Crippen molar-refractivity contribution in [3.8, 4) is 0 Å². The Morgan fingerprint density at radius 1 is 0.963 bits per heavy atom. The topological polar surface area (TPSA) is 117 Å². The molecule has 5 atom stereocenters. The number of ether oxygens (including phenoxy) is 4. The molecule has 1 aliphatic heterocycles. The molecule has 1 aliphatic rings. The highest BCUT2D eigenvalue weighted by molar-refractivity contribution is 5.82. The molecule has 154 valence electrons. The number of esters is 3. The van der Waals surface area contributed by atoms with Gasteiger partial charge in [-0.05, 0) is 0 Å². The largest absolute Gasteiger partial charge is 0.471 e. The van der Waals surface area contributed by atoms with Gasteiger partial charge in [0.2, 0.25) is 6.36 Å². The second-order valence-corrected chi connectivity index (χ2v) is 5.47. The van der Waals surface area contributed by atoms with Gasteiger partial charge in [-0.25, -0.2) is 4.39 Å². The Hall–Kier alpha value is -2.44. The molecule has 0 spiro atoms. The van der Waals surface area contributed by atoms with Crippen LogP contribution in [-0.2, 0) is 38.1 Å². The van der Waals surface area contributed by atoms with Crippen LogP contribution in [0.5, 0.6) is 0 Å². The maximum absolute atomic E-state index is 14.3. The number of carbonyl (C=O) groups is 4. The molecular weight excluding hydrogens is 386 g/mol. The quantitative estimate of drug-likeness (QED) is 0.392. The van der Waals surface area contributed by atoms with Crippen LogP contribution in [0.25, 0.3) is 0 Å². The Labute approximate surface area is 150 Å². The van der Waals surface area contributed by atoms with Gasteiger partial charge in [0, 0.05) is 20.8 Å². The van der Waals surface area contributed by atoms with E-state index < -0.39 is 67.3 Å². The van der Waals surface area contributed by atoms with Crippen molar-refractivity contribution >= 4 is 23.8 Å². The maximum atomic E-state index is 14.3. The van der Waals surface area contributed by atoms with Crippen LogP contribution < -0.4 is 5.32 Å². The van der Waals surface area contributed by atoms with Gasteiger partial charge in [0.15, 0.2) is 12.2 Å². The van der Waals surface area contributed by atoms with Crippen molar-refractivity contribution in [3.63, 3.8) is 0 Å². The van der Waals surface area contributed by atoms with E-state index in [0.717, 1.165) is 20.8 Å². The first-order valence-electron chi connectivity index (χ1n) is 7.48. The molecule has 9 nitrogen and oxygen atoms in total. The summed E-state index contributed by atoms with van der Waals surface area (Å²) in [6, 6.07) is -2.14. The minimum absolute atomic E-state index is 0.647. The summed E-state index contributed by atoms with van der Waals surface area (Å²) in [5, 5.41) is 1.31. The Morgan fingerprint density at radius 3 is 1.93 bits per heavy atom. The Morgan fingerprint density at radius 2 is 1.48 bits per heavy atom. The van der Waals surface area contributed by atoms with Gasteiger partial charge in [-0.1, -0.05) is 0 Å². The number of hydrogen-bond acceptors (Lipinski definition) is 8. The second-order valence-electron chi connectivity index (χ2n) is 5.47. The van der Waals surface area contributed by atoms with E-state index in [4.69, 9.17) is 14.2 Å². The third kappa shape index (κ3) is 6.66. The van der Waals surface area contributed by atoms with Crippen molar-refractivity contribution < 1.29 is 55.7 Å². The molecule has 1 heterocycles. The molecule has 0 aromatic carbocycles. The minimum atomic E-state index is -5.36. The molecule has 13 heteroatoms. The average Bonchev–Trinajstić information content (AvgIpc) is 2.49. The van der Waals surface area contributed by atoms with Gasteiger partial charge in [0.25, 0.3) is 0 Å². The van der Waals surface area contributed by atoms with Gasteiger partial charge in [0.1, 0.15) is 18.8 Å². The van der Waals surface area contributed by atoms with Gasteiger partial charge in [-0.2, -0.15) is 13.2 Å². The van der Waals surface area contributed by atoms with E-state index in [1.165, 1.54) is 5.32 Å². The molecule has 0 unspecified atom stereocenters. The summed E-state index contributed by atoms with van der Waals surface area (Å²) in [6.45, 7) is 2.17. The summed E-state index contributed by atoms with van der Waals surface area (Å²) >= 11 is 0. The first-order valence-corrected chi connectivity index (χ1v) is 7.48. The highest BCUT2D eigenvalue weighted by Crippen LogP contribution is 2.28. The number of carbonyl (C=O) groups excluding carboxylic acids is 4. The van der Waals surface area contributed by atoms with Crippen LogP contribution in [0.1, 0.15) is 20.8 Å². The van der Waals surface area contributed by atoms with Gasteiger partial charge < -0.3 is 24.3 Å². The zero-order valence-corrected chi connectivity index (χ0v) is 14.4. The molecule has 0 saturated carbocycles. The molecule has 0 aromatic rings. The first kappa shape index (κ1) is 22.6. The zero-order valence-electron chi connectivity index (χ0n) is 14.4. The second kappa shape index (κ2) is 8.97. The molecular formula is C14H17F4NO8. The number of amides is 1. The Kier molecular flexibility index (Phi) is 7.51. The van der Waals surface area contributed by atoms with Crippen molar-refractivity contribution in [1.29, 1.82) is 0 Å². The lowest BCUT2D eigenvalue weighted by Crippen LogP contribution is -2.66. The molecule has 0 radical (unpaired) electrons. The number of alkyl halides is 4. The number of nitrogens with one attached hydrogen (secondary N) is 1. The van der Waals surface area contributed by atoms with Crippen LogP contribution in [0.15, 0.2) is 0 Å². The van der Waals surface area contributed by atoms with Crippen molar-refractivity contribution in [3.05, 3.63) is 0 Å². The van der Waals surface area contributed by atoms with Gasteiger partial charge in [0.05, 0.1) is 0 Å². The molecule has 0 aromatic heterocycles. The van der Waals surface area contributed by atoms with Crippen molar-refractivity contribution in [2.75, 3.05) is 6.61 Å². The standard InChI is InChI=1S/C14H17F4NO8/c1-5(20)24-4-8-10(25-6(2)21)11(26-7(3)22)9(12(15)27-8)19-13(23)14(16,17)18/h8-12H,4H2,1-3H3,(H,19,23)/t8-,9+,10-,11+,12-/m0/s1. The molecule has 27 heavy (non-hydrogen) atoms. The number of hydrogen-bond donors (Lipinski definition) is 1. The average molecular weight is 403 g/mol. The third-order valence-corrected chi connectivity index (χ3v) is 3.24. The molecule has 0 aliphatic carbocycles. The van der Waals surface area contributed by atoms with Crippen LogP contribution in [0.3, 0.4) is 0 Å². The van der Waals surface area contributed by atoms with E-state index in [1.54, 1.807) is 0 Å². The summed E-state index contributed by atoms with van der Waals surface area (Å²) < 4.78 is 70.8. The molecule has 1 N–H and O–H groups in total. The Balaban J connectivity index is 3.18. The third-order valence-electron chi connectivity index (χ3n) is 3.24.